The van der Waals surface area contributed by atoms with E-state index in [0.717, 1.165) is 29.2 Å². The average molecular weight is 573 g/mol. The number of carbonyl (C=O) groups is 2. The number of fused-ring (bicyclic) bond motifs is 1. The Morgan fingerprint density at radius 3 is 2.50 bits per heavy atom. The maximum Gasteiger partial charge on any atom is 0.335 e. The third kappa shape index (κ3) is 7.14. The van der Waals surface area contributed by atoms with E-state index in [9.17, 15) is 14.7 Å². The van der Waals surface area contributed by atoms with Gasteiger partial charge < -0.3 is 14.6 Å². The lowest BCUT2D eigenvalue weighted by Crippen LogP contribution is -2.26. The van der Waals surface area contributed by atoms with Crippen molar-refractivity contribution in [1.82, 2.24) is 0 Å². The number of para-hydroxylation sites is 1. The van der Waals surface area contributed by atoms with Crippen LogP contribution in [-0.2, 0) is 9.53 Å². The standard InChI is InChI=1S/C35H34F2O5/c36-35(37,23-41-26-10-4-3-5-11-26)21-20-29-30-14-6-1-2-7-15-33(38)42-32(30)22-31(29)28-13-9-8-12-27(28)24-16-18-25(19-17-24)34(39)40/h1,3-6,8-13,16-21,29-32H,2,7,14-15,22-23H2,(H,39,40)/t29-,30+,31-,32-/m0/s1. The van der Waals surface area contributed by atoms with E-state index in [2.05, 4.69) is 12.2 Å². The number of aromatic carboxylic acids is 1. The lowest BCUT2D eigenvalue weighted by Gasteiger charge is -2.26. The van der Waals surface area contributed by atoms with Crippen molar-refractivity contribution in [3.63, 3.8) is 0 Å². The van der Waals surface area contributed by atoms with Crippen LogP contribution in [0.1, 0.15) is 53.9 Å². The molecule has 1 fully saturated rings. The SMILES string of the molecule is O=C1CCCC=CC[C@@H]2[C@H](C=CC(F)(F)COc3ccccc3)[C@H](c3ccccc3-c3ccc(C(=O)O)cc3)C[C@@H]2O1. The Morgan fingerprint density at radius 1 is 1.00 bits per heavy atom. The van der Waals surface area contributed by atoms with Crippen LogP contribution < -0.4 is 4.74 Å². The van der Waals surface area contributed by atoms with Gasteiger partial charge in [0.15, 0.2) is 6.61 Å². The van der Waals surface area contributed by atoms with Crippen LogP contribution in [0.5, 0.6) is 5.75 Å². The molecular formula is C35H34F2O5. The molecule has 5 nitrogen and oxygen atoms in total. The van der Waals surface area contributed by atoms with Gasteiger partial charge in [0.05, 0.1) is 5.56 Å². The van der Waals surface area contributed by atoms with Gasteiger partial charge in [-0.2, -0.15) is 8.78 Å². The van der Waals surface area contributed by atoms with Crippen LogP contribution in [0.2, 0.25) is 0 Å². The van der Waals surface area contributed by atoms with Gasteiger partial charge in [-0.1, -0.05) is 72.8 Å². The third-order valence-corrected chi connectivity index (χ3v) is 8.07. The lowest BCUT2D eigenvalue weighted by molar-refractivity contribution is -0.151. The molecular weight excluding hydrogens is 538 g/mol. The molecule has 0 unspecified atom stereocenters. The van der Waals surface area contributed by atoms with E-state index in [1.54, 1.807) is 60.7 Å². The predicted octanol–water partition coefficient (Wildman–Crippen LogP) is 8.08. The van der Waals surface area contributed by atoms with E-state index in [0.29, 0.717) is 31.4 Å². The highest BCUT2D eigenvalue weighted by Crippen LogP contribution is 2.50. The van der Waals surface area contributed by atoms with Gasteiger partial charge in [0.1, 0.15) is 11.9 Å². The van der Waals surface area contributed by atoms with E-state index in [1.807, 2.05) is 24.3 Å². The monoisotopic (exact) mass is 572 g/mol. The van der Waals surface area contributed by atoms with Gasteiger partial charge in [-0.25, -0.2) is 4.79 Å². The normalized spacial score (nSPS) is 22.9. The number of ether oxygens (including phenoxy) is 2. The number of halogens is 2. The van der Waals surface area contributed by atoms with Gasteiger partial charge in [0.2, 0.25) is 0 Å². The summed E-state index contributed by atoms with van der Waals surface area (Å²) in [7, 11) is 0. The minimum absolute atomic E-state index is 0.183. The molecule has 3 aromatic rings. The van der Waals surface area contributed by atoms with Crippen molar-refractivity contribution in [2.75, 3.05) is 6.61 Å². The maximum atomic E-state index is 15.1. The fraction of sp³-hybridized carbons (Fsp3) is 0.314. The largest absolute Gasteiger partial charge is 0.487 e. The minimum Gasteiger partial charge on any atom is -0.487 e. The first-order chi connectivity index (χ1) is 20.3. The number of rotatable bonds is 8. The predicted molar refractivity (Wildman–Crippen MR) is 157 cm³/mol. The lowest BCUT2D eigenvalue weighted by atomic mass is 9.80. The van der Waals surface area contributed by atoms with Gasteiger partial charge >= 0.3 is 11.9 Å². The summed E-state index contributed by atoms with van der Waals surface area (Å²) in [6.07, 6.45) is 9.13. The van der Waals surface area contributed by atoms with Crippen LogP contribution >= 0.6 is 0 Å². The molecule has 0 saturated heterocycles. The zero-order valence-corrected chi connectivity index (χ0v) is 23.2. The molecule has 4 atom stereocenters. The van der Waals surface area contributed by atoms with Crippen molar-refractivity contribution in [1.29, 1.82) is 0 Å². The Morgan fingerprint density at radius 2 is 1.74 bits per heavy atom. The van der Waals surface area contributed by atoms with Gasteiger partial charge in [0.25, 0.3) is 5.92 Å². The van der Waals surface area contributed by atoms with Crippen molar-refractivity contribution in [2.45, 2.75) is 50.0 Å². The third-order valence-electron chi connectivity index (χ3n) is 8.07. The summed E-state index contributed by atoms with van der Waals surface area (Å²) in [6, 6.07) is 22.9. The Labute approximate surface area is 244 Å². The Hall–Kier alpha value is -4.26. The number of hydrogen-bond donors (Lipinski definition) is 1. The Kier molecular flexibility index (Phi) is 9.15. The number of carbonyl (C=O) groups excluding carboxylic acids is 1. The van der Waals surface area contributed by atoms with Crippen LogP contribution in [0.25, 0.3) is 11.1 Å². The summed E-state index contributed by atoms with van der Waals surface area (Å²) in [4.78, 5) is 24.1. The molecule has 3 aromatic carbocycles. The van der Waals surface area contributed by atoms with Crippen molar-refractivity contribution in [3.05, 3.63) is 114 Å². The highest BCUT2D eigenvalue weighted by molar-refractivity contribution is 5.88. The van der Waals surface area contributed by atoms with Crippen molar-refractivity contribution >= 4 is 11.9 Å². The van der Waals surface area contributed by atoms with Crippen molar-refractivity contribution in [3.8, 4) is 16.9 Å². The first kappa shape index (κ1) is 29.2. The average Bonchev–Trinajstić information content (AvgIpc) is 3.34. The smallest absolute Gasteiger partial charge is 0.335 e. The molecule has 0 aromatic heterocycles. The zero-order chi connectivity index (χ0) is 29.5. The van der Waals surface area contributed by atoms with E-state index >= 15 is 8.78 Å². The number of esters is 1. The Balaban J connectivity index is 1.49. The molecule has 5 rings (SSSR count). The second-order valence-corrected chi connectivity index (χ2v) is 10.9. The molecule has 1 N–H and O–H groups in total. The van der Waals surface area contributed by atoms with Crippen LogP contribution in [0.4, 0.5) is 8.78 Å². The molecule has 218 valence electrons. The molecule has 1 heterocycles. The molecule has 1 aliphatic carbocycles. The van der Waals surface area contributed by atoms with Gasteiger partial charge in [-0.05, 0) is 84.6 Å². The first-order valence-electron chi connectivity index (χ1n) is 14.3. The van der Waals surface area contributed by atoms with Gasteiger partial charge in [0, 0.05) is 12.3 Å². The fourth-order valence-electron chi connectivity index (χ4n) is 6.02. The summed E-state index contributed by atoms with van der Waals surface area (Å²) >= 11 is 0. The molecule has 0 amide bonds. The maximum absolute atomic E-state index is 15.1. The van der Waals surface area contributed by atoms with Crippen LogP contribution in [0, 0.1) is 11.8 Å². The quantitative estimate of drug-likeness (QED) is 0.218. The highest BCUT2D eigenvalue weighted by atomic mass is 19.3. The number of hydrogen-bond acceptors (Lipinski definition) is 4. The number of alkyl halides is 2. The van der Waals surface area contributed by atoms with Crippen molar-refractivity contribution < 1.29 is 33.0 Å². The topological polar surface area (TPSA) is 72.8 Å². The molecule has 0 radical (unpaired) electrons. The Bertz CT molecular complexity index is 1430. The summed E-state index contributed by atoms with van der Waals surface area (Å²) in [5.41, 5.74) is 2.85. The zero-order valence-electron chi connectivity index (χ0n) is 23.2. The number of carboxylic acid groups (broad SMARTS) is 1. The summed E-state index contributed by atoms with van der Waals surface area (Å²) in [5, 5.41) is 9.34. The summed E-state index contributed by atoms with van der Waals surface area (Å²) in [5.74, 6) is -4.84. The molecule has 1 aliphatic heterocycles. The van der Waals surface area contributed by atoms with Crippen LogP contribution in [0.15, 0.2) is 103 Å². The minimum atomic E-state index is -3.22. The van der Waals surface area contributed by atoms with Crippen LogP contribution in [-0.4, -0.2) is 35.7 Å². The number of benzene rings is 3. The molecule has 0 spiro atoms. The van der Waals surface area contributed by atoms with E-state index < -0.39 is 24.6 Å². The summed E-state index contributed by atoms with van der Waals surface area (Å²) in [6.45, 7) is -0.791. The van der Waals surface area contributed by atoms with Crippen molar-refractivity contribution in [2.24, 2.45) is 11.8 Å². The fourth-order valence-corrected chi connectivity index (χ4v) is 6.02. The molecule has 1 saturated carbocycles. The van der Waals surface area contributed by atoms with Gasteiger partial charge in [-0.3, -0.25) is 4.79 Å². The second kappa shape index (κ2) is 13.1. The van der Waals surface area contributed by atoms with Gasteiger partial charge in [-0.15, -0.1) is 0 Å². The molecule has 7 heteroatoms. The second-order valence-electron chi connectivity index (χ2n) is 10.9. The first-order valence-corrected chi connectivity index (χ1v) is 14.3. The summed E-state index contributed by atoms with van der Waals surface area (Å²) < 4.78 is 41.6. The van der Waals surface area contributed by atoms with Crippen LogP contribution in [0.3, 0.4) is 0 Å². The molecule has 2 aliphatic rings. The number of allylic oxidation sites excluding steroid dienone is 3. The number of carboxylic acids is 1. The highest BCUT2D eigenvalue weighted by Gasteiger charge is 2.45. The molecule has 42 heavy (non-hydrogen) atoms. The van der Waals surface area contributed by atoms with E-state index in [-0.39, 0.29) is 29.3 Å². The van der Waals surface area contributed by atoms with E-state index in [1.165, 1.54) is 0 Å². The molecule has 0 bridgehead atoms. The van der Waals surface area contributed by atoms with E-state index in [4.69, 9.17) is 9.47 Å².